The van der Waals surface area contributed by atoms with Gasteiger partial charge in [-0.1, -0.05) is 20.8 Å². The highest BCUT2D eigenvalue weighted by molar-refractivity contribution is 5.79. The zero-order chi connectivity index (χ0) is 23.1. The Morgan fingerprint density at radius 2 is 1.97 bits per heavy atom. The summed E-state index contributed by atoms with van der Waals surface area (Å²) >= 11 is 0. The van der Waals surface area contributed by atoms with E-state index in [0.29, 0.717) is 12.5 Å². The fourth-order valence-corrected chi connectivity index (χ4v) is 4.15. The summed E-state index contributed by atoms with van der Waals surface area (Å²) in [6.45, 7) is 16.3. The Bertz CT molecular complexity index is 880. The summed E-state index contributed by atoms with van der Waals surface area (Å²) in [5.74, 6) is 2.36. The van der Waals surface area contributed by atoms with E-state index in [4.69, 9.17) is 4.99 Å². The predicted molar refractivity (Wildman–Crippen MR) is 132 cm³/mol. The van der Waals surface area contributed by atoms with Gasteiger partial charge in [0.15, 0.2) is 5.96 Å². The Labute approximate surface area is 193 Å². The third-order valence-electron chi connectivity index (χ3n) is 5.95. The van der Waals surface area contributed by atoms with Crippen LogP contribution in [0.4, 0.5) is 5.82 Å². The van der Waals surface area contributed by atoms with Crippen molar-refractivity contribution < 1.29 is 0 Å². The van der Waals surface area contributed by atoms with E-state index in [2.05, 4.69) is 83.2 Å². The molecule has 8 nitrogen and oxygen atoms in total. The Hall–Kier alpha value is -2.61. The van der Waals surface area contributed by atoms with Crippen molar-refractivity contribution in [2.24, 2.45) is 12.0 Å². The van der Waals surface area contributed by atoms with Gasteiger partial charge in [0, 0.05) is 71.3 Å². The van der Waals surface area contributed by atoms with Gasteiger partial charge in [-0.05, 0) is 37.1 Å². The normalized spacial score (nSPS) is 15.5. The molecular formula is C24H40N8. The molecule has 2 aromatic rings. The molecular weight excluding hydrogens is 400 g/mol. The minimum absolute atomic E-state index is 0.397. The minimum Gasteiger partial charge on any atom is -0.357 e. The van der Waals surface area contributed by atoms with E-state index in [0.717, 1.165) is 63.3 Å². The molecule has 0 spiro atoms. The van der Waals surface area contributed by atoms with E-state index in [-0.39, 0.29) is 0 Å². The Kier molecular flexibility index (Phi) is 8.50. The van der Waals surface area contributed by atoms with Gasteiger partial charge in [-0.25, -0.2) is 9.98 Å². The molecule has 1 saturated heterocycles. The third kappa shape index (κ3) is 6.22. The number of aliphatic imine (C=N–C) groups is 1. The zero-order valence-corrected chi connectivity index (χ0v) is 20.7. The quantitative estimate of drug-likeness (QED) is 0.503. The average molecular weight is 441 g/mol. The molecule has 0 saturated carbocycles. The highest BCUT2D eigenvalue weighted by Gasteiger charge is 2.17. The molecule has 1 aliphatic rings. The number of rotatable bonds is 8. The number of anilines is 1. The molecule has 8 heteroatoms. The summed E-state index contributed by atoms with van der Waals surface area (Å²) in [4.78, 5) is 16.6. The first-order valence-corrected chi connectivity index (χ1v) is 11.8. The summed E-state index contributed by atoms with van der Waals surface area (Å²) in [7, 11) is 4.07. The first-order valence-electron chi connectivity index (χ1n) is 11.8. The fourth-order valence-electron chi connectivity index (χ4n) is 4.15. The molecule has 3 rings (SSSR count). The average Bonchev–Trinajstić information content (AvgIpc) is 3.17. The number of nitrogens with one attached hydrogen (secondary N) is 1. The molecule has 176 valence electrons. The number of hydrogen-bond acceptors (Lipinski definition) is 5. The lowest BCUT2D eigenvalue weighted by Crippen LogP contribution is -2.46. The van der Waals surface area contributed by atoms with E-state index in [1.165, 1.54) is 11.1 Å². The van der Waals surface area contributed by atoms with Crippen LogP contribution in [0.25, 0.3) is 0 Å². The van der Waals surface area contributed by atoms with Gasteiger partial charge in [-0.2, -0.15) is 5.10 Å². The summed E-state index contributed by atoms with van der Waals surface area (Å²) < 4.78 is 1.90. The highest BCUT2D eigenvalue weighted by atomic mass is 15.3. The van der Waals surface area contributed by atoms with Gasteiger partial charge < -0.3 is 20.0 Å². The Morgan fingerprint density at radius 1 is 1.22 bits per heavy atom. The topological polar surface area (TPSA) is 64.8 Å². The maximum Gasteiger partial charge on any atom is 0.194 e. The first kappa shape index (κ1) is 24.0. The minimum atomic E-state index is 0.397. The van der Waals surface area contributed by atoms with E-state index >= 15 is 0 Å². The van der Waals surface area contributed by atoms with Crippen molar-refractivity contribution in [1.29, 1.82) is 0 Å². The molecule has 0 bridgehead atoms. The number of likely N-dealkylation sites (N-methyl/N-ethyl adjacent to an activating group) is 1. The Morgan fingerprint density at radius 3 is 2.62 bits per heavy atom. The second-order valence-electron chi connectivity index (χ2n) is 8.84. The van der Waals surface area contributed by atoms with Gasteiger partial charge in [0.25, 0.3) is 0 Å². The van der Waals surface area contributed by atoms with Crippen LogP contribution in [0.3, 0.4) is 0 Å². The van der Waals surface area contributed by atoms with Crippen molar-refractivity contribution in [2.45, 2.75) is 46.7 Å². The predicted octanol–water partition coefficient (Wildman–Crippen LogP) is 2.68. The highest BCUT2D eigenvalue weighted by Crippen LogP contribution is 2.19. The van der Waals surface area contributed by atoms with E-state index in [9.17, 15) is 0 Å². The number of pyridine rings is 1. The zero-order valence-electron chi connectivity index (χ0n) is 20.7. The molecule has 1 fully saturated rings. The van der Waals surface area contributed by atoms with Crippen LogP contribution < -0.4 is 10.2 Å². The Balaban J connectivity index is 1.68. The van der Waals surface area contributed by atoms with Gasteiger partial charge in [-0.3, -0.25) is 4.68 Å². The van der Waals surface area contributed by atoms with Crippen LogP contribution in [0, 0.1) is 0 Å². The van der Waals surface area contributed by atoms with Crippen LogP contribution >= 0.6 is 0 Å². The van der Waals surface area contributed by atoms with E-state index < -0.39 is 0 Å². The molecule has 3 heterocycles. The molecule has 0 atom stereocenters. The van der Waals surface area contributed by atoms with Gasteiger partial charge in [0.05, 0.1) is 12.2 Å². The summed E-state index contributed by atoms with van der Waals surface area (Å²) in [6.07, 6.45) is 4.02. The molecule has 0 unspecified atom stereocenters. The second-order valence-corrected chi connectivity index (χ2v) is 8.84. The number of guanidine groups is 1. The molecule has 2 aromatic heterocycles. The number of piperazine rings is 1. The summed E-state index contributed by atoms with van der Waals surface area (Å²) in [5.41, 5.74) is 3.58. The largest absolute Gasteiger partial charge is 0.357 e. The van der Waals surface area contributed by atoms with Crippen LogP contribution in [0.1, 0.15) is 50.4 Å². The van der Waals surface area contributed by atoms with Crippen LogP contribution in [0.2, 0.25) is 0 Å². The molecule has 1 aliphatic heterocycles. The maximum absolute atomic E-state index is 4.92. The van der Waals surface area contributed by atoms with Crippen LogP contribution in [0.15, 0.2) is 29.5 Å². The monoisotopic (exact) mass is 440 g/mol. The van der Waals surface area contributed by atoms with E-state index in [1.807, 2.05) is 17.9 Å². The summed E-state index contributed by atoms with van der Waals surface area (Å²) in [6, 6.07) is 4.25. The second kappa shape index (κ2) is 11.3. The van der Waals surface area contributed by atoms with Crippen molar-refractivity contribution >= 4 is 11.8 Å². The lowest BCUT2D eigenvalue weighted by Gasteiger charge is -2.34. The number of aromatic nitrogens is 3. The standard InChI is InChI=1S/C24H40N8/c1-7-25-24(29(5)17-21-18-30(6)28-23(21)19(3)4)27-16-20-9-10-26-22(15-20)32-13-11-31(8-2)12-14-32/h9-10,15,18-19H,7-8,11-14,16-17H2,1-6H3,(H,25,27). The fraction of sp³-hybridized carbons (Fsp3) is 0.625. The lowest BCUT2D eigenvalue weighted by molar-refractivity contribution is 0.270. The number of aryl methyl sites for hydroxylation is 1. The van der Waals surface area contributed by atoms with E-state index in [1.54, 1.807) is 0 Å². The van der Waals surface area contributed by atoms with Crippen LogP contribution in [0.5, 0.6) is 0 Å². The lowest BCUT2D eigenvalue weighted by atomic mass is 10.1. The van der Waals surface area contributed by atoms with Gasteiger partial charge >= 0.3 is 0 Å². The van der Waals surface area contributed by atoms with Gasteiger partial charge in [-0.15, -0.1) is 0 Å². The van der Waals surface area contributed by atoms with Gasteiger partial charge in [0.1, 0.15) is 5.82 Å². The molecule has 0 aliphatic carbocycles. The maximum atomic E-state index is 4.92. The first-order chi connectivity index (χ1) is 15.4. The third-order valence-corrected chi connectivity index (χ3v) is 5.95. The van der Waals surface area contributed by atoms with Crippen LogP contribution in [-0.2, 0) is 20.1 Å². The van der Waals surface area contributed by atoms with Crippen molar-refractivity contribution in [3.8, 4) is 0 Å². The molecule has 0 aromatic carbocycles. The SMILES string of the molecule is CCNC(=NCc1ccnc(N2CCN(CC)CC2)c1)N(C)Cc1cn(C)nc1C(C)C. The molecule has 1 N–H and O–H groups in total. The van der Waals surface area contributed by atoms with Crippen molar-refractivity contribution in [2.75, 3.05) is 51.2 Å². The van der Waals surface area contributed by atoms with Gasteiger partial charge in [0.2, 0.25) is 0 Å². The smallest absolute Gasteiger partial charge is 0.194 e. The number of hydrogen-bond donors (Lipinski definition) is 1. The molecule has 32 heavy (non-hydrogen) atoms. The van der Waals surface area contributed by atoms with Crippen molar-refractivity contribution in [3.63, 3.8) is 0 Å². The van der Waals surface area contributed by atoms with Crippen molar-refractivity contribution in [1.82, 2.24) is 29.9 Å². The molecule has 0 amide bonds. The van der Waals surface area contributed by atoms with Crippen molar-refractivity contribution in [3.05, 3.63) is 41.3 Å². The number of nitrogens with zero attached hydrogens (tertiary/aromatic N) is 7. The molecule has 0 radical (unpaired) electrons. The summed E-state index contributed by atoms with van der Waals surface area (Å²) in [5, 5.41) is 8.08. The van der Waals surface area contributed by atoms with Crippen LogP contribution in [-0.4, -0.2) is 76.8 Å².